The first kappa shape index (κ1) is 13.2. The van der Waals surface area contributed by atoms with Crippen LogP contribution in [0.5, 0.6) is 0 Å². The van der Waals surface area contributed by atoms with E-state index in [4.69, 9.17) is 0 Å². The van der Waals surface area contributed by atoms with Crippen molar-refractivity contribution in [2.45, 2.75) is 39.0 Å². The molecule has 0 saturated heterocycles. The van der Waals surface area contributed by atoms with E-state index < -0.39 is 0 Å². The van der Waals surface area contributed by atoms with Gasteiger partial charge in [-0.05, 0) is 25.0 Å². The summed E-state index contributed by atoms with van der Waals surface area (Å²) in [6, 6.07) is 10.8. The van der Waals surface area contributed by atoms with Gasteiger partial charge in [0.05, 0.1) is 20.6 Å². The Morgan fingerprint density at radius 2 is 1.50 bits per heavy atom. The molecule has 0 radical (unpaired) electrons. The Morgan fingerprint density at radius 1 is 0.875 bits per heavy atom. The van der Waals surface area contributed by atoms with Crippen molar-refractivity contribution in [2.75, 3.05) is 20.6 Å². The molecule has 0 bridgehead atoms. The van der Waals surface area contributed by atoms with Gasteiger partial charge in [-0.1, -0.05) is 44.4 Å². The number of rotatable bonds is 7. The lowest BCUT2D eigenvalue weighted by Crippen LogP contribution is -2.41. The van der Waals surface area contributed by atoms with Crippen molar-refractivity contribution >= 4 is 5.69 Å². The van der Waals surface area contributed by atoms with Crippen LogP contribution in [0.15, 0.2) is 30.3 Å². The normalized spacial score (nSPS) is 11.7. The molecule has 0 aromatic heterocycles. The van der Waals surface area contributed by atoms with Gasteiger partial charge in [-0.15, -0.1) is 0 Å². The van der Waals surface area contributed by atoms with Crippen LogP contribution >= 0.6 is 0 Å². The van der Waals surface area contributed by atoms with E-state index in [1.807, 2.05) is 0 Å². The van der Waals surface area contributed by atoms with E-state index in [1.54, 1.807) is 0 Å². The summed E-state index contributed by atoms with van der Waals surface area (Å²) in [5.74, 6) is 0. The van der Waals surface area contributed by atoms with Crippen LogP contribution in [0.3, 0.4) is 0 Å². The molecule has 0 unspecified atom stereocenters. The lowest BCUT2D eigenvalue weighted by molar-refractivity contribution is 0.381. The van der Waals surface area contributed by atoms with Crippen LogP contribution in [-0.4, -0.2) is 20.6 Å². The van der Waals surface area contributed by atoms with Crippen molar-refractivity contribution in [3.8, 4) is 0 Å². The second-order valence-corrected chi connectivity index (χ2v) is 5.16. The lowest BCUT2D eigenvalue weighted by atomic mass is 10.1. The number of hydrogen-bond donors (Lipinski definition) is 0. The maximum Gasteiger partial charge on any atom is 0.132 e. The molecule has 1 nitrogen and oxygen atoms in total. The van der Waals surface area contributed by atoms with Gasteiger partial charge in [0.25, 0.3) is 0 Å². The van der Waals surface area contributed by atoms with Crippen LogP contribution in [0.1, 0.15) is 39.0 Å². The minimum absolute atomic E-state index is 1.01. The maximum absolute atomic E-state index is 2.30. The molecular formula is C15H26N+. The van der Waals surface area contributed by atoms with Gasteiger partial charge in [0.1, 0.15) is 5.69 Å². The number of hydrogen-bond acceptors (Lipinski definition) is 0. The zero-order valence-electron chi connectivity index (χ0n) is 11.1. The first-order valence-corrected chi connectivity index (χ1v) is 6.55. The number of nitrogens with zero attached hydrogens (tertiary/aromatic N) is 1. The number of unbranched alkanes of at least 4 members (excludes halogenated alkanes) is 4. The van der Waals surface area contributed by atoms with Gasteiger partial charge in [0, 0.05) is 0 Å². The maximum atomic E-state index is 2.30. The van der Waals surface area contributed by atoms with Crippen molar-refractivity contribution in [3.05, 3.63) is 30.3 Å². The van der Waals surface area contributed by atoms with E-state index in [9.17, 15) is 0 Å². The van der Waals surface area contributed by atoms with Gasteiger partial charge in [-0.2, -0.15) is 0 Å². The molecule has 1 aromatic carbocycles. The van der Waals surface area contributed by atoms with Gasteiger partial charge in [0.15, 0.2) is 0 Å². The van der Waals surface area contributed by atoms with E-state index in [2.05, 4.69) is 51.4 Å². The van der Waals surface area contributed by atoms with Gasteiger partial charge in [-0.3, -0.25) is 4.48 Å². The van der Waals surface area contributed by atoms with Gasteiger partial charge in [0.2, 0.25) is 0 Å². The molecule has 0 aliphatic rings. The highest BCUT2D eigenvalue weighted by molar-refractivity contribution is 5.40. The molecule has 1 heteroatoms. The molecule has 0 amide bonds. The third-order valence-corrected chi connectivity index (χ3v) is 3.28. The number of quaternary nitrogens is 1. The highest BCUT2D eigenvalue weighted by Crippen LogP contribution is 2.19. The van der Waals surface area contributed by atoms with Crippen molar-refractivity contribution < 1.29 is 0 Å². The summed E-state index contributed by atoms with van der Waals surface area (Å²) in [5.41, 5.74) is 1.41. The zero-order chi connectivity index (χ0) is 11.9. The summed E-state index contributed by atoms with van der Waals surface area (Å²) in [5, 5.41) is 0. The molecule has 0 atom stereocenters. The predicted molar refractivity (Wildman–Crippen MR) is 73.7 cm³/mol. The Morgan fingerprint density at radius 3 is 2.12 bits per heavy atom. The average Bonchev–Trinajstić information content (AvgIpc) is 2.30. The summed E-state index contributed by atoms with van der Waals surface area (Å²) in [7, 11) is 4.60. The minimum atomic E-state index is 1.01. The van der Waals surface area contributed by atoms with E-state index in [1.165, 1.54) is 44.3 Å². The van der Waals surface area contributed by atoms with Crippen LogP contribution < -0.4 is 4.48 Å². The highest BCUT2D eigenvalue weighted by atomic mass is 15.3. The monoisotopic (exact) mass is 220 g/mol. The second kappa shape index (κ2) is 6.70. The Kier molecular flexibility index (Phi) is 5.54. The quantitative estimate of drug-likeness (QED) is 0.476. The molecule has 1 aromatic rings. The minimum Gasteiger partial charge on any atom is -0.296 e. The molecule has 90 valence electrons. The molecular weight excluding hydrogens is 194 g/mol. The molecule has 0 fully saturated rings. The van der Waals surface area contributed by atoms with Crippen LogP contribution in [-0.2, 0) is 0 Å². The molecule has 0 N–H and O–H groups in total. The summed E-state index contributed by atoms with van der Waals surface area (Å²) in [4.78, 5) is 0. The Balaban J connectivity index is 2.35. The number of benzene rings is 1. The Hall–Kier alpha value is -0.820. The summed E-state index contributed by atoms with van der Waals surface area (Å²) in [6.07, 6.45) is 6.82. The second-order valence-electron chi connectivity index (χ2n) is 5.16. The first-order chi connectivity index (χ1) is 7.67. The predicted octanol–water partition coefficient (Wildman–Crippen LogP) is 4.22. The Bertz CT molecular complexity index is 277. The fourth-order valence-corrected chi connectivity index (χ4v) is 2.07. The molecule has 0 saturated carbocycles. The third-order valence-electron chi connectivity index (χ3n) is 3.28. The molecule has 1 rings (SSSR count). The fourth-order valence-electron chi connectivity index (χ4n) is 2.07. The van der Waals surface area contributed by atoms with Crippen molar-refractivity contribution in [2.24, 2.45) is 0 Å². The first-order valence-electron chi connectivity index (χ1n) is 6.55. The highest BCUT2D eigenvalue weighted by Gasteiger charge is 2.17. The Labute approximate surface area is 101 Å². The van der Waals surface area contributed by atoms with E-state index in [-0.39, 0.29) is 0 Å². The van der Waals surface area contributed by atoms with Crippen molar-refractivity contribution in [1.29, 1.82) is 0 Å². The zero-order valence-corrected chi connectivity index (χ0v) is 11.1. The van der Waals surface area contributed by atoms with Crippen LogP contribution in [0.4, 0.5) is 5.69 Å². The lowest BCUT2D eigenvalue weighted by Gasteiger charge is -2.29. The SMILES string of the molecule is CCCCCCC[N+](C)(C)c1ccccc1. The van der Waals surface area contributed by atoms with Gasteiger partial charge < -0.3 is 0 Å². The smallest absolute Gasteiger partial charge is 0.132 e. The largest absolute Gasteiger partial charge is 0.296 e. The molecule has 0 heterocycles. The van der Waals surface area contributed by atoms with Crippen molar-refractivity contribution in [3.63, 3.8) is 0 Å². The van der Waals surface area contributed by atoms with Crippen molar-refractivity contribution in [1.82, 2.24) is 4.48 Å². The van der Waals surface area contributed by atoms with Gasteiger partial charge >= 0.3 is 0 Å². The van der Waals surface area contributed by atoms with E-state index in [0.717, 1.165) is 4.48 Å². The standard InChI is InChI=1S/C15H26N/c1-4-5-6-7-11-14-16(2,3)15-12-9-8-10-13-15/h8-10,12-13H,4-7,11,14H2,1-3H3/q+1. The van der Waals surface area contributed by atoms with Crippen LogP contribution in [0, 0.1) is 0 Å². The summed E-state index contributed by atoms with van der Waals surface area (Å²) >= 11 is 0. The van der Waals surface area contributed by atoms with Crippen LogP contribution in [0.2, 0.25) is 0 Å². The average molecular weight is 220 g/mol. The van der Waals surface area contributed by atoms with Gasteiger partial charge in [-0.25, -0.2) is 0 Å². The fraction of sp³-hybridized carbons (Fsp3) is 0.600. The summed E-state index contributed by atoms with van der Waals surface area (Å²) < 4.78 is 1.01. The van der Waals surface area contributed by atoms with E-state index >= 15 is 0 Å². The molecule has 0 spiro atoms. The summed E-state index contributed by atoms with van der Waals surface area (Å²) in [6.45, 7) is 3.51. The topological polar surface area (TPSA) is 0 Å². The number of para-hydroxylation sites is 1. The van der Waals surface area contributed by atoms with Crippen LogP contribution in [0.25, 0.3) is 0 Å². The van der Waals surface area contributed by atoms with E-state index in [0.29, 0.717) is 0 Å². The molecule has 16 heavy (non-hydrogen) atoms. The molecule has 0 aliphatic heterocycles. The third kappa shape index (κ3) is 4.36. The molecule has 0 aliphatic carbocycles.